The van der Waals surface area contributed by atoms with Crippen molar-refractivity contribution in [3.05, 3.63) is 128 Å². The lowest BCUT2D eigenvalue weighted by molar-refractivity contribution is -0.140. The number of carbonyl (C=O) groups is 2. The topological polar surface area (TPSA) is 86.8 Å². The summed E-state index contributed by atoms with van der Waals surface area (Å²) in [6, 6.07) is 25.3. The van der Waals surface area contributed by atoms with Gasteiger partial charge in [-0.15, -0.1) is 0 Å². The fourth-order valence-electron chi connectivity index (χ4n) is 4.73. The lowest BCUT2D eigenvalue weighted by Crippen LogP contribution is -2.53. The minimum Gasteiger partial charge on any atom is -0.354 e. The molecule has 7 nitrogen and oxygen atoms in total. The van der Waals surface area contributed by atoms with Crippen molar-refractivity contribution in [2.75, 3.05) is 17.4 Å². The third kappa shape index (κ3) is 9.17. The minimum atomic E-state index is -4.31. The summed E-state index contributed by atoms with van der Waals surface area (Å²) in [7, 11) is -4.31. The van der Waals surface area contributed by atoms with Crippen LogP contribution in [0.15, 0.2) is 102 Å². The fraction of sp³-hybridized carbons (Fsp3) is 0.235. The molecule has 12 heteroatoms. The summed E-state index contributed by atoms with van der Waals surface area (Å²) in [4.78, 5) is 29.7. The van der Waals surface area contributed by atoms with Crippen LogP contribution in [0.4, 0.5) is 5.69 Å². The molecule has 1 N–H and O–H groups in total. The van der Waals surface area contributed by atoms with Gasteiger partial charge in [0.05, 0.1) is 25.7 Å². The zero-order valence-corrected chi connectivity index (χ0v) is 29.0. The van der Waals surface area contributed by atoms with Crippen molar-refractivity contribution >= 4 is 73.9 Å². The molecule has 1 atom stereocenters. The van der Waals surface area contributed by atoms with E-state index in [1.54, 1.807) is 36.4 Å². The Morgan fingerprint density at radius 2 is 1.41 bits per heavy atom. The zero-order valence-electron chi connectivity index (χ0n) is 25.2. The second-order valence-corrected chi connectivity index (χ2v) is 14.6. The number of nitrogens with zero attached hydrogens (tertiary/aromatic N) is 2. The summed E-state index contributed by atoms with van der Waals surface area (Å²) in [5, 5.41) is 3.89. The van der Waals surface area contributed by atoms with Crippen LogP contribution in [0.25, 0.3) is 0 Å². The van der Waals surface area contributed by atoms with E-state index >= 15 is 0 Å². The van der Waals surface area contributed by atoms with E-state index < -0.39 is 28.5 Å². The molecule has 0 fully saturated rings. The predicted molar refractivity (Wildman–Crippen MR) is 186 cm³/mol. The molecule has 0 bridgehead atoms. The molecule has 0 saturated carbocycles. The molecule has 0 saturated heterocycles. The van der Waals surface area contributed by atoms with Gasteiger partial charge in [0.2, 0.25) is 11.8 Å². The Bertz CT molecular complexity index is 1770. The Morgan fingerprint density at radius 3 is 2.02 bits per heavy atom. The van der Waals surface area contributed by atoms with Crippen molar-refractivity contribution in [2.45, 2.75) is 37.8 Å². The first-order chi connectivity index (χ1) is 21.9. The van der Waals surface area contributed by atoms with Crippen molar-refractivity contribution in [1.29, 1.82) is 0 Å². The third-order valence-electron chi connectivity index (χ3n) is 7.08. The largest absolute Gasteiger partial charge is 0.354 e. The van der Waals surface area contributed by atoms with Crippen molar-refractivity contribution in [3.63, 3.8) is 0 Å². The maximum atomic E-state index is 14.5. The first-order valence-corrected chi connectivity index (χ1v) is 17.4. The van der Waals surface area contributed by atoms with Gasteiger partial charge in [0.1, 0.15) is 12.6 Å². The molecule has 0 aliphatic carbocycles. The Kier molecular flexibility index (Phi) is 12.4. The molecule has 46 heavy (non-hydrogen) atoms. The van der Waals surface area contributed by atoms with E-state index in [0.29, 0.717) is 22.2 Å². The number of anilines is 1. The molecule has 0 aliphatic heterocycles. The predicted octanol–water partition coefficient (Wildman–Crippen LogP) is 7.91. The molecule has 0 unspecified atom stereocenters. The molecule has 0 heterocycles. The van der Waals surface area contributed by atoms with Crippen molar-refractivity contribution in [1.82, 2.24) is 10.2 Å². The second kappa shape index (κ2) is 16.0. The van der Waals surface area contributed by atoms with Gasteiger partial charge in [0.15, 0.2) is 0 Å². The van der Waals surface area contributed by atoms with E-state index in [1.165, 1.54) is 35.2 Å². The van der Waals surface area contributed by atoms with E-state index in [4.69, 9.17) is 46.4 Å². The first kappa shape index (κ1) is 35.6. The van der Waals surface area contributed by atoms with Gasteiger partial charge >= 0.3 is 0 Å². The van der Waals surface area contributed by atoms with E-state index in [2.05, 4.69) is 5.32 Å². The van der Waals surface area contributed by atoms with Crippen LogP contribution in [-0.2, 0) is 32.6 Å². The lowest BCUT2D eigenvalue weighted by Gasteiger charge is -2.34. The van der Waals surface area contributed by atoms with E-state index in [-0.39, 0.29) is 45.4 Å². The molecule has 242 valence electrons. The molecule has 0 spiro atoms. The SMILES string of the molecule is CC(C)CNC(=O)[C@@H](Cc1ccccc1)N(Cc1ccc(Cl)c(Cl)c1)C(=O)CN(c1ccc(Cl)cc1Cl)S(=O)(=O)c1ccccc1. The summed E-state index contributed by atoms with van der Waals surface area (Å²) in [5.41, 5.74) is 1.47. The minimum absolute atomic E-state index is 0.0337. The quantitative estimate of drug-likeness (QED) is 0.152. The highest BCUT2D eigenvalue weighted by Gasteiger charge is 2.35. The highest BCUT2D eigenvalue weighted by Crippen LogP contribution is 2.33. The average molecular weight is 722 g/mol. The van der Waals surface area contributed by atoms with Crippen LogP contribution in [0.2, 0.25) is 20.1 Å². The average Bonchev–Trinajstić information content (AvgIpc) is 3.03. The number of amides is 2. The van der Waals surface area contributed by atoms with Crippen molar-refractivity contribution in [3.8, 4) is 0 Å². The monoisotopic (exact) mass is 719 g/mol. The molecule has 0 radical (unpaired) electrons. The number of carbonyl (C=O) groups excluding carboxylic acids is 2. The van der Waals surface area contributed by atoms with Crippen LogP contribution in [0, 0.1) is 5.92 Å². The van der Waals surface area contributed by atoms with Crippen LogP contribution in [0.1, 0.15) is 25.0 Å². The van der Waals surface area contributed by atoms with E-state index in [0.717, 1.165) is 9.87 Å². The number of halogens is 4. The summed E-state index contributed by atoms with van der Waals surface area (Å²) in [5.74, 6) is -0.871. The smallest absolute Gasteiger partial charge is 0.264 e. The number of sulfonamides is 1. The zero-order chi connectivity index (χ0) is 33.4. The molecule has 0 aliphatic rings. The van der Waals surface area contributed by atoms with Gasteiger partial charge in [-0.25, -0.2) is 8.42 Å². The number of nitrogens with one attached hydrogen (secondary N) is 1. The maximum absolute atomic E-state index is 14.5. The third-order valence-corrected chi connectivity index (χ3v) is 10.1. The summed E-state index contributed by atoms with van der Waals surface area (Å²) in [6.45, 7) is 3.59. The Balaban J connectivity index is 1.83. The number of hydrogen-bond donors (Lipinski definition) is 1. The van der Waals surface area contributed by atoms with Crippen molar-refractivity contribution in [2.24, 2.45) is 5.92 Å². The van der Waals surface area contributed by atoms with Gasteiger partial charge in [-0.05, 0) is 59.5 Å². The van der Waals surface area contributed by atoms with Crippen LogP contribution < -0.4 is 9.62 Å². The summed E-state index contributed by atoms with van der Waals surface area (Å²) in [6.07, 6.45) is 0.172. The molecule has 4 aromatic carbocycles. The van der Waals surface area contributed by atoms with Gasteiger partial charge in [0.25, 0.3) is 10.0 Å². The number of hydrogen-bond acceptors (Lipinski definition) is 4. The molecule has 0 aromatic heterocycles. The van der Waals surface area contributed by atoms with E-state index in [1.807, 2.05) is 44.2 Å². The Hall–Kier alpha value is -3.27. The van der Waals surface area contributed by atoms with Crippen molar-refractivity contribution < 1.29 is 18.0 Å². The molecule has 4 rings (SSSR count). The van der Waals surface area contributed by atoms with Gasteiger partial charge in [-0.2, -0.15) is 0 Å². The second-order valence-electron chi connectivity index (χ2n) is 11.0. The Labute approximate surface area is 290 Å². The van der Waals surface area contributed by atoms with Gasteiger partial charge < -0.3 is 10.2 Å². The maximum Gasteiger partial charge on any atom is 0.264 e. The fourth-order valence-corrected chi connectivity index (χ4v) is 7.06. The first-order valence-electron chi connectivity index (χ1n) is 14.4. The van der Waals surface area contributed by atoms with Gasteiger partial charge in [-0.1, -0.05) is 115 Å². The number of benzene rings is 4. The lowest BCUT2D eigenvalue weighted by atomic mass is 10.0. The summed E-state index contributed by atoms with van der Waals surface area (Å²) < 4.78 is 29.1. The van der Waals surface area contributed by atoms with Gasteiger partial charge in [0, 0.05) is 24.5 Å². The molecule has 4 aromatic rings. The molecular formula is C34H33Cl4N3O4S. The summed E-state index contributed by atoms with van der Waals surface area (Å²) >= 11 is 25.2. The molecular weight excluding hydrogens is 688 g/mol. The highest BCUT2D eigenvalue weighted by atomic mass is 35.5. The number of rotatable bonds is 13. The van der Waals surface area contributed by atoms with Crippen LogP contribution in [-0.4, -0.2) is 44.3 Å². The van der Waals surface area contributed by atoms with Crippen LogP contribution in [0.3, 0.4) is 0 Å². The molecule has 2 amide bonds. The van der Waals surface area contributed by atoms with Crippen LogP contribution >= 0.6 is 46.4 Å². The Morgan fingerprint density at radius 1 is 0.761 bits per heavy atom. The van der Waals surface area contributed by atoms with E-state index in [9.17, 15) is 18.0 Å². The highest BCUT2D eigenvalue weighted by molar-refractivity contribution is 7.92. The normalized spacial score (nSPS) is 12.1. The van der Waals surface area contributed by atoms with Gasteiger partial charge in [-0.3, -0.25) is 13.9 Å². The van der Waals surface area contributed by atoms with Crippen LogP contribution in [0.5, 0.6) is 0 Å². The standard InChI is InChI=1S/C34H33Cl4N3O4S/c1-23(2)20-39-34(43)32(18-24-9-5-3-6-10-24)40(21-25-13-15-28(36)29(37)17-25)33(42)22-41(31-16-14-26(35)19-30(31)38)46(44,45)27-11-7-4-8-12-27/h3-17,19,23,32H,18,20-22H2,1-2H3,(H,39,43)/t32-/m1/s1.